The van der Waals surface area contributed by atoms with Gasteiger partial charge in [-0.1, -0.05) is 32.4 Å². The van der Waals surface area contributed by atoms with Crippen molar-refractivity contribution < 1.29 is 0 Å². The molecule has 0 radical (unpaired) electrons. The fraction of sp³-hybridized carbons (Fsp3) is 0.714. The molecule has 5 heteroatoms. The highest BCUT2D eigenvalue weighted by atomic mass is 35.5. The van der Waals surface area contributed by atoms with Crippen LogP contribution in [0, 0.1) is 5.92 Å². The summed E-state index contributed by atoms with van der Waals surface area (Å²) in [4.78, 5) is 13.3. The Kier molecular flexibility index (Phi) is 6.52. The summed E-state index contributed by atoms with van der Waals surface area (Å²) in [6.07, 6.45) is 0.802. The summed E-state index contributed by atoms with van der Waals surface area (Å²) in [5.74, 6) is 2.33. The van der Waals surface area contributed by atoms with Crippen molar-refractivity contribution in [2.24, 2.45) is 5.92 Å². The maximum Gasteiger partial charge on any atom is 0.134 e. The molecule has 0 bridgehead atoms. The van der Waals surface area contributed by atoms with Crippen molar-refractivity contribution in [1.29, 1.82) is 0 Å². The number of likely N-dealkylation sites (N-methyl/N-ethyl adjacent to an activating group) is 1. The van der Waals surface area contributed by atoms with Gasteiger partial charge in [-0.15, -0.1) is 0 Å². The Morgan fingerprint density at radius 2 is 1.89 bits per heavy atom. The zero-order valence-electron chi connectivity index (χ0n) is 12.6. The summed E-state index contributed by atoms with van der Waals surface area (Å²) in [5.41, 5.74) is 0. The lowest BCUT2D eigenvalue weighted by Crippen LogP contribution is -2.35. The van der Waals surface area contributed by atoms with E-state index in [9.17, 15) is 0 Å². The molecule has 0 saturated carbocycles. The quantitative estimate of drug-likeness (QED) is 0.721. The third kappa shape index (κ3) is 5.74. The van der Waals surface area contributed by atoms with Gasteiger partial charge in [-0.05, 0) is 20.0 Å². The average molecular weight is 285 g/mol. The Morgan fingerprint density at radius 3 is 2.42 bits per heavy atom. The number of anilines is 1. The maximum absolute atomic E-state index is 6.08. The molecule has 1 aromatic heterocycles. The van der Waals surface area contributed by atoms with Crippen molar-refractivity contribution >= 4 is 17.4 Å². The normalized spacial score (nSPS) is 11.4. The molecule has 1 heterocycles. The second-order valence-corrected chi connectivity index (χ2v) is 5.85. The number of aromatic nitrogens is 2. The lowest BCUT2D eigenvalue weighted by atomic mass is 10.2. The van der Waals surface area contributed by atoms with Crippen molar-refractivity contribution in [1.82, 2.24) is 14.9 Å². The van der Waals surface area contributed by atoms with Crippen molar-refractivity contribution in [3.05, 3.63) is 17.0 Å². The molecule has 0 fully saturated rings. The van der Waals surface area contributed by atoms with E-state index in [2.05, 4.69) is 47.7 Å². The van der Waals surface area contributed by atoms with Crippen LogP contribution in [0.5, 0.6) is 0 Å². The van der Waals surface area contributed by atoms with Crippen LogP contribution in [0.25, 0.3) is 0 Å². The first-order valence-corrected chi connectivity index (χ1v) is 7.23. The second kappa shape index (κ2) is 7.65. The van der Waals surface area contributed by atoms with Crippen LogP contribution < -0.4 is 4.90 Å². The Morgan fingerprint density at radius 1 is 1.21 bits per heavy atom. The molecule has 0 N–H and O–H groups in total. The van der Waals surface area contributed by atoms with Gasteiger partial charge in [0.15, 0.2) is 0 Å². The number of halogens is 1. The molecule has 108 valence electrons. The molecule has 0 unspecified atom stereocenters. The van der Waals surface area contributed by atoms with Gasteiger partial charge in [0.1, 0.15) is 16.8 Å². The topological polar surface area (TPSA) is 32.3 Å². The van der Waals surface area contributed by atoms with E-state index in [1.54, 1.807) is 0 Å². The van der Waals surface area contributed by atoms with E-state index in [4.69, 9.17) is 11.6 Å². The fourth-order valence-electron chi connectivity index (χ4n) is 1.83. The van der Waals surface area contributed by atoms with Gasteiger partial charge in [-0.2, -0.15) is 0 Å². The number of aryl methyl sites for hydroxylation is 1. The molecule has 0 atom stereocenters. The highest BCUT2D eigenvalue weighted by Gasteiger charge is 2.12. The summed E-state index contributed by atoms with van der Waals surface area (Å²) >= 11 is 6.08. The molecule has 0 saturated heterocycles. The van der Waals surface area contributed by atoms with Gasteiger partial charge in [0.25, 0.3) is 0 Å². The first-order valence-electron chi connectivity index (χ1n) is 6.85. The summed E-state index contributed by atoms with van der Waals surface area (Å²) in [7, 11) is 4.16. The predicted molar refractivity (Wildman–Crippen MR) is 82.0 cm³/mol. The minimum atomic E-state index is 0.528. The van der Waals surface area contributed by atoms with E-state index in [-0.39, 0.29) is 0 Å². The predicted octanol–water partition coefficient (Wildman–Crippen LogP) is 2.72. The van der Waals surface area contributed by atoms with Crippen LogP contribution in [-0.4, -0.2) is 48.6 Å². The summed E-state index contributed by atoms with van der Waals surface area (Å²) in [6.45, 7) is 9.39. The lowest BCUT2D eigenvalue weighted by Gasteiger charge is -2.27. The molecule has 1 aromatic rings. The molecule has 0 aromatic carbocycles. The van der Waals surface area contributed by atoms with Crippen LogP contribution in [-0.2, 0) is 6.42 Å². The Balaban J connectivity index is 2.91. The summed E-state index contributed by atoms with van der Waals surface area (Å²) < 4.78 is 0. The molecule has 4 nitrogen and oxygen atoms in total. The van der Waals surface area contributed by atoms with Crippen molar-refractivity contribution in [2.75, 3.05) is 38.6 Å². The molecule has 19 heavy (non-hydrogen) atoms. The Hall–Kier alpha value is -0.870. The van der Waals surface area contributed by atoms with E-state index in [1.807, 2.05) is 13.0 Å². The van der Waals surface area contributed by atoms with Gasteiger partial charge in [-0.3, -0.25) is 0 Å². The lowest BCUT2D eigenvalue weighted by molar-refractivity contribution is 0.408. The Bertz CT molecular complexity index is 393. The largest absolute Gasteiger partial charge is 0.355 e. The third-order valence-electron chi connectivity index (χ3n) is 2.77. The molecule has 1 rings (SSSR count). The molecule has 0 amide bonds. The van der Waals surface area contributed by atoms with Gasteiger partial charge in [0.05, 0.1) is 0 Å². The van der Waals surface area contributed by atoms with Crippen molar-refractivity contribution in [2.45, 2.75) is 27.2 Å². The van der Waals surface area contributed by atoms with Crippen LogP contribution in [0.4, 0.5) is 5.82 Å². The zero-order valence-corrected chi connectivity index (χ0v) is 13.4. The second-order valence-electron chi connectivity index (χ2n) is 5.46. The SMILES string of the molecule is CCc1nc(Cl)cc(N(CCN(C)C)CC(C)C)n1. The van der Waals surface area contributed by atoms with Gasteiger partial charge in [-0.25, -0.2) is 9.97 Å². The van der Waals surface area contributed by atoms with E-state index >= 15 is 0 Å². The first kappa shape index (κ1) is 16.2. The fourth-order valence-corrected chi connectivity index (χ4v) is 2.03. The molecular weight excluding hydrogens is 260 g/mol. The van der Waals surface area contributed by atoms with Gasteiger partial charge in [0, 0.05) is 32.1 Å². The maximum atomic E-state index is 6.08. The van der Waals surface area contributed by atoms with Crippen LogP contribution >= 0.6 is 11.6 Å². The number of rotatable bonds is 7. The standard InChI is InChI=1S/C14H25ClN4/c1-6-13-16-12(15)9-14(17-13)19(10-11(2)3)8-7-18(4)5/h9,11H,6-8,10H2,1-5H3. The number of nitrogens with zero attached hydrogens (tertiary/aromatic N) is 4. The highest BCUT2D eigenvalue weighted by molar-refractivity contribution is 6.29. The minimum Gasteiger partial charge on any atom is -0.355 e. The van der Waals surface area contributed by atoms with Crippen LogP contribution in [0.1, 0.15) is 26.6 Å². The van der Waals surface area contributed by atoms with E-state index in [0.29, 0.717) is 11.1 Å². The van der Waals surface area contributed by atoms with Crippen molar-refractivity contribution in [3.63, 3.8) is 0 Å². The number of hydrogen-bond acceptors (Lipinski definition) is 4. The highest BCUT2D eigenvalue weighted by Crippen LogP contribution is 2.17. The van der Waals surface area contributed by atoms with Crippen molar-refractivity contribution in [3.8, 4) is 0 Å². The van der Waals surface area contributed by atoms with Crippen LogP contribution in [0.15, 0.2) is 6.07 Å². The number of hydrogen-bond donors (Lipinski definition) is 0. The molecule has 0 spiro atoms. The van der Waals surface area contributed by atoms with Gasteiger partial charge >= 0.3 is 0 Å². The zero-order chi connectivity index (χ0) is 14.4. The summed E-state index contributed by atoms with van der Waals surface area (Å²) in [5, 5.41) is 0.528. The van der Waals surface area contributed by atoms with E-state index in [0.717, 1.165) is 37.7 Å². The monoisotopic (exact) mass is 284 g/mol. The van der Waals surface area contributed by atoms with Gasteiger partial charge < -0.3 is 9.80 Å². The summed E-state index contributed by atoms with van der Waals surface area (Å²) in [6, 6.07) is 1.86. The smallest absolute Gasteiger partial charge is 0.134 e. The van der Waals surface area contributed by atoms with Gasteiger partial charge in [0.2, 0.25) is 0 Å². The average Bonchev–Trinajstić information content (AvgIpc) is 2.32. The van der Waals surface area contributed by atoms with Crippen LogP contribution in [0.2, 0.25) is 5.15 Å². The Labute approximate surface area is 121 Å². The molecular formula is C14H25ClN4. The molecule has 0 aliphatic heterocycles. The minimum absolute atomic E-state index is 0.528. The molecule has 0 aliphatic carbocycles. The molecule has 0 aliphatic rings. The van der Waals surface area contributed by atoms with Crippen LogP contribution in [0.3, 0.4) is 0 Å². The first-order chi connectivity index (χ1) is 8.92. The van der Waals surface area contributed by atoms with E-state index in [1.165, 1.54) is 0 Å². The third-order valence-corrected chi connectivity index (χ3v) is 2.96. The van der Waals surface area contributed by atoms with E-state index < -0.39 is 0 Å².